The summed E-state index contributed by atoms with van der Waals surface area (Å²) < 4.78 is 19.1. The molecule has 4 nitrogen and oxygen atoms in total. The van der Waals surface area contributed by atoms with Crippen LogP contribution in [0.15, 0.2) is 66.7 Å². The number of ether oxygens (including phenoxy) is 1. The van der Waals surface area contributed by atoms with Crippen molar-refractivity contribution in [1.82, 2.24) is 0 Å². The van der Waals surface area contributed by atoms with Crippen molar-refractivity contribution < 1.29 is 13.9 Å². The molecule has 132 valence electrons. The lowest BCUT2D eigenvalue weighted by molar-refractivity contribution is 0.0736. The zero-order valence-corrected chi connectivity index (χ0v) is 14.5. The Kier molecular flexibility index (Phi) is 5.51. The lowest BCUT2D eigenvalue weighted by Gasteiger charge is -2.15. The molecule has 0 fully saturated rings. The Morgan fingerprint density at radius 2 is 1.81 bits per heavy atom. The van der Waals surface area contributed by atoms with E-state index in [1.165, 1.54) is 18.2 Å². The fraction of sp³-hybridized carbons (Fsp3) is 0.0500. The van der Waals surface area contributed by atoms with Crippen LogP contribution in [-0.2, 0) is 6.54 Å². The number of nitrogens with two attached hydrogens (primary N) is 1. The molecule has 0 heterocycles. The predicted molar refractivity (Wildman–Crippen MR) is 100 cm³/mol. The van der Waals surface area contributed by atoms with Crippen LogP contribution in [-0.4, -0.2) is 5.97 Å². The van der Waals surface area contributed by atoms with E-state index in [0.717, 1.165) is 0 Å². The number of rotatable bonds is 5. The maximum absolute atomic E-state index is 13.8. The van der Waals surface area contributed by atoms with E-state index in [1.54, 1.807) is 42.5 Å². The Labute approximate surface area is 155 Å². The third-order valence-corrected chi connectivity index (χ3v) is 4.10. The molecule has 0 amide bonds. The number of esters is 1. The van der Waals surface area contributed by atoms with Crippen molar-refractivity contribution in [2.24, 2.45) is 5.73 Å². The summed E-state index contributed by atoms with van der Waals surface area (Å²) in [6.45, 7) is 0.196. The van der Waals surface area contributed by atoms with Gasteiger partial charge < -0.3 is 15.8 Å². The minimum absolute atomic E-state index is 0.193. The Morgan fingerprint density at radius 3 is 2.54 bits per heavy atom. The first-order valence-electron chi connectivity index (χ1n) is 7.89. The van der Waals surface area contributed by atoms with Crippen molar-refractivity contribution in [3.63, 3.8) is 0 Å². The Morgan fingerprint density at radius 1 is 1.04 bits per heavy atom. The van der Waals surface area contributed by atoms with Crippen LogP contribution in [0.1, 0.15) is 15.9 Å². The van der Waals surface area contributed by atoms with Crippen LogP contribution >= 0.6 is 11.6 Å². The number of anilines is 2. The maximum atomic E-state index is 13.8. The second kappa shape index (κ2) is 7.99. The molecule has 3 rings (SSSR count). The average molecular weight is 371 g/mol. The molecular weight excluding hydrogens is 355 g/mol. The van der Waals surface area contributed by atoms with Gasteiger partial charge in [0.2, 0.25) is 0 Å². The number of para-hydroxylation sites is 1. The first-order chi connectivity index (χ1) is 12.6. The van der Waals surface area contributed by atoms with Gasteiger partial charge in [-0.25, -0.2) is 9.18 Å². The Balaban J connectivity index is 1.94. The van der Waals surface area contributed by atoms with E-state index in [2.05, 4.69) is 5.32 Å². The molecule has 0 aliphatic rings. The zero-order chi connectivity index (χ0) is 18.5. The molecule has 0 bridgehead atoms. The normalized spacial score (nSPS) is 10.4. The molecule has 0 aliphatic heterocycles. The number of hydrogen-bond donors (Lipinski definition) is 2. The number of hydrogen-bond acceptors (Lipinski definition) is 4. The van der Waals surface area contributed by atoms with Crippen molar-refractivity contribution in [3.8, 4) is 5.75 Å². The molecule has 0 saturated heterocycles. The summed E-state index contributed by atoms with van der Waals surface area (Å²) in [5.41, 5.74) is 7.47. The molecule has 3 aromatic rings. The molecule has 0 aliphatic carbocycles. The lowest BCUT2D eigenvalue weighted by atomic mass is 10.1. The number of carbonyl (C=O) groups excluding carboxylic acids is 1. The van der Waals surface area contributed by atoms with Crippen molar-refractivity contribution in [3.05, 3.63) is 88.7 Å². The molecule has 6 heteroatoms. The molecule has 0 aromatic heterocycles. The summed E-state index contributed by atoms with van der Waals surface area (Å²) >= 11 is 6.15. The minimum Gasteiger partial charge on any atom is -0.423 e. The van der Waals surface area contributed by atoms with Crippen molar-refractivity contribution in [2.75, 3.05) is 5.32 Å². The van der Waals surface area contributed by atoms with Gasteiger partial charge >= 0.3 is 5.97 Å². The molecular formula is C20H16ClFN2O2. The lowest BCUT2D eigenvalue weighted by Crippen LogP contribution is -2.12. The third kappa shape index (κ3) is 4.02. The summed E-state index contributed by atoms with van der Waals surface area (Å²) in [7, 11) is 0. The summed E-state index contributed by atoms with van der Waals surface area (Å²) in [6, 6.07) is 17.7. The van der Waals surface area contributed by atoms with Gasteiger partial charge in [-0.3, -0.25) is 0 Å². The van der Waals surface area contributed by atoms with Gasteiger partial charge in [0, 0.05) is 22.8 Å². The van der Waals surface area contributed by atoms with Gasteiger partial charge in [0.1, 0.15) is 11.6 Å². The highest BCUT2D eigenvalue weighted by atomic mass is 35.5. The minimum atomic E-state index is -0.602. The molecule has 0 unspecified atom stereocenters. The Bertz CT molecular complexity index is 932. The predicted octanol–water partition coefficient (Wildman–Crippen LogP) is 4.90. The molecule has 0 radical (unpaired) electrons. The van der Waals surface area contributed by atoms with Crippen LogP contribution in [0.5, 0.6) is 5.75 Å². The Hall–Kier alpha value is -2.89. The van der Waals surface area contributed by atoms with Crippen LogP contribution < -0.4 is 15.8 Å². The quantitative estimate of drug-likeness (QED) is 0.495. The summed E-state index contributed by atoms with van der Waals surface area (Å²) in [5.74, 6) is -0.687. The molecule has 0 saturated carbocycles. The van der Waals surface area contributed by atoms with Gasteiger partial charge in [0.05, 0.1) is 11.3 Å². The van der Waals surface area contributed by atoms with Gasteiger partial charge in [-0.05, 0) is 42.5 Å². The summed E-state index contributed by atoms with van der Waals surface area (Å²) in [6.07, 6.45) is 0. The van der Waals surface area contributed by atoms with E-state index in [0.29, 0.717) is 22.0 Å². The van der Waals surface area contributed by atoms with E-state index in [1.807, 2.05) is 6.07 Å². The van der Waals surface area contributed by atoms with E-state index in [9.17, 15) is 9.18 Å². The highest BCUT2D eigenvalue weighted by molar-refractivity contribution is 6.31. The second-order valence-electron chi connectivity index (χ2n) is 5.49. The fourth-order valence-electron chi connectivity index (χ4n) is 2.48. The van der Waals surface area contributed by atoms with Crippen LogP contribution in [0.3, 0.4) is 0 Å². The third-order valence-electron chi connectivity index (χ3n) is 3.75. The molecule has 26 heavy (non-hydrogen) atoms. The standard InChI is InChI=1S/C20H16ClFN2O2/c21-17-7-4-8-18(16(17)12-23)24-19-11-13(22)9-10-15(19)20(25)26-14-5-2-1-3-6-14/h1-11,24H,12,23H2. The number of benzene rings is 3. The second-order valence-corrected chi connectivity index (χ2v) is 5.89. The fourth-order valence-corrected chi connectivity index (χ4v) is 2.73. The van der Waals surface area contributed by atoms with Crippen molar-refractivity contribution in [1.29, 1.82) is 0 Å². The van der Waals surface area contributed by atoms with Gasteiger partial charge in [-0.2, -0.15) is 0 Å². The molecule has 0 atom stereocenters. The first-order valence-corrected chi connectivity index (χ1v) is 8.27. The summed E-state index contributed by atoms with van der Waals surface area (Å²) in [4.78, 5) is 12.5. The van der Waals surface area contributed by atoms with Gasteiger partial charge in [0.25, 0.3) is 0 Å². The monoisotopic (exact) mass is 370 g/mol. The highest BCUT2D eigenvalue weighted by Gasteiger charge is 2.16. The first kappa shape index (κ1) is 17.9. The van der Waals surface area contributed by atoms with E-state index >= 15 is 0 Å². The number of nitrogens with one attached hydrogen (secondary N) is 1. The van der Waals surface area contributed by atoms with Crippen LogP contribution in [0.4, 0.5) is 15.8 Å². The van der Waals surface area contributed by atoms with Crippen molar-refractivity contribution >= 4 is 28.9 Å². The molecule has 3 aromatic carbocycles. The van der Waals surface area contributed by atoms with Crippen LogP contribution in [0.25, 0.3) is 0 Å². The smallest absolute Gasteiger partial charge is 0.345 e. The molecule has 3 N–H and O–H groups in total. The van der Waals surface area contributed by atoms with Crippen molar-refractivity contribution in [2.45, 2.75) is 6.54 Å². The molecule has 0 spiro atoms. The van der Waals surface area contributed by atoms with Gasteiger partial charge in [-0.1, -0.05) is 35.9 Å². The van der Waals surface area contributed by atoms with E-state index < -0.39 is 11.8 Å². The van der Waals surface area contributed by atoms with Gasteiger partial charge in [-0.15, -0.1) is 0 Å². The van der Waals surface area contributed by atoms with Crippen LogP contribution in [0, 0.1) is 5.82 Å². The van der Waals surface area contributed by atoms with Gasteiger partial charge in [0.15, 0.2) is 0 Å². The highest BCUT2D eigenvalue weighted by Crippen LogP contribution is 2.29. The van der Waals surface area contributed by atoms with Crippen LogP contribution in [0.2, 0.25) is 5.02 Å². The summed E-state index contributed by atoms with van der Waals surface area (Å²) in [5, 5.41) is 3.52. The number of carbonyl (C=O) groups is 1. The maximum Gasteiger partial charge on any atom is 0.345 e. The topological polar surface area (TPSA) is 64.3 Å². The van der Waals surface area contributed by atoms with E-state index in [-0.39, 0.29) is 17.8 Å². The largest absolute Gasteiger partial charge is 0.423 e. The number of halogens is 2. The average Bonchev–Trinajstić information content (AvgIpc) is 2.63. The van der Waals surface area contributed by atoms with E-state index in [4.69, 9.17) is 22.1 Å². The SMILES string of the molecule is NCc1c(Cl)cccc1Nc1cc(F)ccc1C(=O)Oc1ccccc1. The zero-order valence-electron chi connectivity index (χ0n) is 13.7.